The number of aromatic nitrogens is 2. The van der Waals surface area contributed by atoms with Crippen molar-refractivity contribution in [2.24, 2.45) is 0 Å². The zero-order valence-corrected chi connectivity index (χ0v) is 12.8. The molecule has 0 saturated heterocycles. The van der Waals surface area contributed by atoms with E-state index < -0.39 is 0 Å². The summed E-state index contributed by atoms with van der Waals surface area (Å²) in [5.41, 5.74) is 0.887. The lowest BCUT2D eigenvalue weighted by molar-refractivity contribution is 0.295. The smallest absolute Gasteiger partial charge is 0.127 e. The van der Waals surface area contributed by atoms with E-state index in [0.29, 0.717) is 31.5 Å². The van der Waals surface area contributed by atoms with Gasteiger partial charge in [0.15, 0.2) is 0 Å². The van der Waals surface area contributed by atoms with Gasteiger partial charge in [-0.15, -0.1) is 0 Å². The predicted molar refractivity (Wildman–Crippen MR) is 80.8 cm³/mol. The van der Waals surface area contributed by atoms with Crippen LogP contribution in [0.2, 0.25) is 0 Å². The van der Waals surface area contributed by atoms with Crippen LogP contribution in [-0.2, 0) is 13.1 Å². The van der Waals surface area contributed by atoms with Gasteiger partial charge in [0.25, 0.3) is 0 Å². The fourth-order valence-corrected chi connectivity index (χ4v) is 2.03. The van der Waals surface area contributed by atoms with Gasteiger partial charge in [0.2, 0.25) is 0 Å². The third-order valence-electron chi connectivity index (χ3n) is 3.17. The first-order chi connectivity index (χ1) is 10.0. The molecule has 0 radical (unpaired) electrons. The summed E-state index contributed by atoms with van der Waals surface area (Å²) in [6.45, 7) is 7.87. The molecule has 0 atom stereocenters. The molecule has 2 rings (SSSR count). The number of benzene rings is 1. The fraction of sp³-hybridized carbons (Fsp3) is 0.438. The van der Waals surface area contributed by atoms with Gasteiger partial charge in [-0.3, -0.25) is 0 Å². The number of imidazole rings is 1. The van der Waals surface area contributed by atoms with Crippen molar-refractivity contribution in [3.05, 3.63) is 47.8 Å². The topological polar surface area (TPSA) is 39.1 Å². The van der Waals surface area contributed by atoms with Crippen molar-refractivity contribution < 1.29 is 9.13 Å². The highest BCUT2D eigenvalue weighted by Crippen LogP contribution is 2.16. The van der Waals surface area contributed by atoms with Crippen LogP contribution in [0.25, 0.3) is 0 Å². The van der Waals surface area contributed by atoms with Crippen LogP contribution in [0.3, 0.4) is 0 Å². The van der Waals surface area contributed by atoms with E-state index in [4.69, 9.17) is 4.74 Å². The van der Waals surface area contributed by atoms with Crippen molar-refractivity contribution in [1.29, 1.82) is 0 Å². The van der Waals surface area contributed by atoms with Gasteiger partial charge < -0.3 is 14.6 Å². The van der Waals surface area contributed by atoms with Crippen LogP contribution in [-0.4, -0.2) is 22.2 Å². The lowest BCUT2D eigenvalue weighted by Crippen LogP contribution is -2.21. The molecule has 1 aromatic heterocycles. The molecule has 0 aliphatic carbocycles. The van der Waals surface area contributed by atoms with Crippen molar-refractivity contribution in [3.8, 4) is 5.75 Å². The van der Waals surface area contributed by atoms with Gasteiger partial charge in [-0.25, -0.2) is 9.37 Å². The molecule has 114 valence electrons. The zero-order chi connectivity index (χ0) is 15.2. The molecule has 0 unspecified atom stereocenters. The Morgan fingerprint density at radius 2 is 2.14 bits per heavy atom. The summed E-state index contributed by atoms with van der Waals surface area (Å²) in [4.78, 5) is 4.15. The van der Waals surface area contributed by atoms with Crippen LogP contribution in [0.15, 0.2) is 30.6 Å². The quantitative estimate of drug-likeness (QED) is 0.852. The highest BCUT2D eigenvalue weighted by Gasteiger charge is 2.04. The SMILES string of the molecule is Cc1nccn1CCOc1cc(F)cc(CNC(C)C)c1. The average Bonchev–Trinajstić information content (AvgIpc) is 2.82. The Kier molecular flexibility index (Phi) is 5.33. The summed E-state index contributed by atoms with van der Waals surface area (Å²) in [5.74, 6) is 1.24. The molecule has 0 aliphatic heterocycles. The zero-order valence-electron chi connectivity index (χ0n) is 12.8. The minimum absolute atomic E-state index is 0.271. The molecule has 0 aliphatic rings. The third-order valence-corrected chi connectivity index (χ3v) is 3.17. The normalized spacial score (nSPS) is 11.1. The van der Waals surface area contributed by atoms with E-state index in [0.717, 1.165) is 11.4 Å². The minimum Gasteiger partial charge on any atom is -0.492 e. The van der Waals surface area contributed by atoms with E-state index in [-0.39, 0.29) is 5.82 Å². The largest absolute Gasteiger partial charge is 0.492 e. The third kappa shape index (κ3) is 4.86. The van der Waals surface area contributed by atoms with Crippen LogP contribution in [0.4, 0.5) is 4.39 Å². The number of ether oxygens (including phenoxy) is 1. The van der Waals surface area contributed by atoms with E-state index in [9.17, 15) is 4.39 Å². The minimum atomic E-state index is -0.271. The number of hydrogen-bond donors (Lipinski definition) is 1. The second-order valence-electron chi connectivity index (χ2n) is 5.35. The molecule has 0 saturated carbocycles. The van der Waals surface area contributed by atoms with Gasteiger partial charge in [-0.2, -0.15) is 0 Å². The summed E-state index contributed by atoms with van der Waals surface area (Å²) < 4.78 is 21.2. The van der Waals surface area contributed by atoms with Gasteiger partial charge in [0.1, 0.15) is 24.0 Å². The number of hydrogen-bond acceptors (Lipinski definition) is 3. The van der Waals surface area contributed by atoms with E-state index >= 15 is 0 Å². The lowest BCUT2D eigenvalue weighted by Gasteiger charge is -2.11. The molecule has 5 heteroatoms. The monoisotopic (exact) mass is 291 g/mol. The van der Waals surface area contributed by atoms with Crippen molar-refractivity contribution in [2.45, 2.75) is 39.9 Å². The maximum absolute atomic E-state index is 13.6. The highest BCUT2D eigenvalue weighted by molar-refractivity contribution is 5.29. The Hall–Kier alpha value is -1.88. The standard InChI is InChI=1S/C16H22FN3O/c1-12(2)19-11-14-8-15(17)10-16(9-14)21-7-6-20-5-4-18-13(20)3/h4-5,8-10,12,19H,6-7,11H2,1-3H3. The Morgan fingerprint density at radius 1 is 1.33 bits per heavy atom. The van der Waals surface area contributed by atoms with Gasteiger partial charge in [-0.05, 0) is 24.6 Å². The fourth-order valence-electron chi connectivity index (χ4n) is 2.03. The summed E-state index contributed by atoms with van der Waals surface area (Å²) in [6, 6.07) is 5.18. The first-order valence-corrected chi connectivity index (χ1v) is 7.18. The van der Waals surface area contributed by atoms with Gasteiger partial charge in [-0.1, -0.05) is 13.8 Å². The maximum atomic E-state index is 13.6. The first kappa shape index (κ1) is 15.5. The molecule has 0 spiro atoms. The predicted octanol–water partition coefficient (Wildman–Crippen LogP) is 2.91. The maximum Gasteiger partial charge on any atom is 0.127 e. The summed E-state index contributed by atoms with van der Waals surface area (Å²) >= 11 is 0. The summed E-state index contributed by atoms with van der Waals surface area (Å²) in [5, 5.41) is 3.27. The van der Waals surface area contributed by atoms with Gasteiger partial charge >= 0.3 is 0 Å². The lowest BCUT2D eigenvalue weighted by atomic mass is 10.2. The number of aryl methyl sites for hydroxylation is 1. The summed E-state index contributed by atoms with van der Waals surface area (Å²) in [6.07, 6.45) is 3.66. The van der Waals surface area contributed by atoms with E-state index in [1.165, 1.54) is 12.1 Å². The van der Waals surface area contributed by atoms with E-state index in [2.05, 4.69) is 24.1 Å². The molecule has 0 fully saturated rings. The Morgan fingerprint density at radius 3 is 2.81 bits per heavy atom. The molecular formula is C16H22FN3O. The molecule has 4 nitrogen and oxygen atoms in total. The van der Waals surface area contributed by atoms with Crippen LogP contribution >= 0.6 is 0 Å². The molecule has 1 aromatic carbocycles. The Balaban J connectivity index is 1.91. The number of nitrogens with zero attached hydrogens (tertiary/aromatic N) is 2. The van der Waals surface area contributed by atoms with Gasteiger partial charge in [0, 0.05) is 31.0 Å². The molecule has 21 heavy (non-hydrogen) atoms. The summed E-state index contributed by atoms with van der Waals surface area (Å²) in [7, 11) is 0. The molecule has 1 N–H and O–H groups in total. The van der Waals surface area contributed by atoms with E-state index in [1.54, 1.807) is 6.20 Å². The number of nitrogens with one attached hydrogen (secondary N) is 1. The number of rotatable bonds is 7. The van der Waals surface area contributed by atoms with Crippen molar-refractivity contribution in [3.63, 3.8) is 0 Å². The van der Waals surface area contributed by atoms with Crippen LogP contribution in [0, 0.1) is 12.7 Å². The second kappa shape index (κ2) is 7.22. The van der Waals surface area contributed by atoms with Crippen LogP contribution in [0.5, 0.6) is 5.75 Å². The molecule has 1 heterocycles. The van der Waals surface area contributed by atoms with Crippen LogP contribution < -0.4 is 10.1 Å². The second-order valence-corrected chi connectivity index (χ2v) is 5.35. The molecule has 2 aromatic rings. The molecule has 0 amide bonds. The van der Waals surface area contributed by atoms with Crippen LogP contribution in [0.1, 0.15) is 25.2 Å². The first-order valence-electron chi connectivity index (χ1n) is 7.18. The van der Waals surface area contributed by atoms with E-state index in [1.807, 2.05) is 23.8 Å². The Bertz CT molecular complexity index is 581. The van der Waals surface area contributed by atoms with Crippen molar-refractivity contribution in [2.75, 3.05) is 6.61 Å². The van der Waals surface area contributed by atoms with Gasteiger partial charge in [0.05, 0.1) is 6.54 Å². The van der Waals surface area contributed by atoms with Crippen molar-refractivity contribution >= 4 is 0 Å². The highest BCUT2D eigenvalue weighted by atomic mass is 19.1. The Labute approximate surface area is 125 Å². The molecule has 0 bridgehead atoms. The number of halogens is 1. The molecular weight excluding hydrogens is 269 g/mol. The average molecular weight is 291 g/mol. The van der Waals surface area contributed by atoms with Crippen molar-refractivity contribution in [1.82, 2.24) is 14.9 Å².